The Hall–Kier alpha value is -0.770. The molecule has 3 unspecified atom stereocenters. The van der Waals surface area contributed by atoms with E-state index in [0.29, 0.717) is 18.0 Å². The summed E-state index contributed by atoms with van der Waals surface area (Å²) in [5.74, 6) is 0.586. The molecule has 0 aromatic carbocycles. The second kappa shape index (κ2) is 8.36. The molecule has 3 atom stereocenters. The molecule has 1 saturated heterocycles. The summed E-state index contributed by atoms with van der Waals surface area (Å²) in [5, 5.41) is 3.75. The third kappa shape index (κ3) is 5.37. The smallest absolute Gasteiger partial charge is 0.410 e. The summed E-state index contributed by atoms with van der Waals surface area (Å²) >= 11 is 0. The number of hydrogen-bond donors (Lipinski definition) is 1. The van der Waals surface area contributed by atoms with Gasteiger partial charge < -0.3 is 15.0 Å². The summed E-state index contributed by atoms with van der Waals surface area (Å²) in [5.41, 5.74) is -0.411. The quantitative estimate of drug-likeness (QED) is 0.836. The normalized spacial score (nSPS) is 29.4. The number of carbonyl (C=O) groups excluding carboxylic acids is 1. The zero-order valence-electron chi connectivity index (χ0n) is 15.6. The molecule has 1 aliphatic carbocycles. The molecule has 134 valence electrons. The van der Waals surface area contributed by atoms with Gasteiger partial charge in [0.15, 0.2) is 0 Å². The number of likely N-dealkylation sites (tertiary alicyclic amines) is 1. The molecule has 0 aromatic heterocycles. The highest BCUT2D eigenvalue weighted by Gasteiger charge is 2.39. The Morgan fingerprint density at radius 3 is 2.52 bits per heavy atom. The molecule has 1 saturated carbocycles. The van der Waals surface area contributed by atoms with E-state index >= 15 is 0 Å². The molecule has 0 spiro atoms. The van der Waals surface area contributed by atoms with Crippen LogP contribution in [0.4, 0.5) is 4.79 Å². The van der Waals surface area contributed by atoms with E-state index in [2.05, 4.69) is 12.2 Å². The molecular formula is C19H36N2O2. The standard InChI is InChI=1S/C19H36N2O2/c1-5-13-20-16-11-7-6-10-15(16)17-12-8-9-14-21(17)18(22)23-19(2,3)4/h15-17,20H,5-14H2,1-4H3. The first-order chi connectivity index (χ1) is 10.9. The number of hydrogen-bond acceptors (Lipinski definition) is 3. The average molecular weight is 325 g/mol. The Bertz CT molecular complexity index is 378. The molecule has 0 bridgehead atoms. The average Bonchev–Trinajstić information content (AvgIpc) is 2.51. The van der Waals surface area contributed by atoms with Crippen LogP contribution in [0.1, 0.15) is 79.1 Å². The van der Waals surface area contributed by atoms with Crippen LogP contribution in [0.2, 0.25) is 0 Å². The van der Waals surface area contributed by atoms with Crippen LogP contribution in [-0.2, 0) is 4.74 Å². The van der Waals surface area contributed by atoms with Crippen molar-refractivity contribution in [2.24, 2.45) is 5.92 Å². The molecule has 1 amide bonds. The first kappa shape index (κ1) is 18.6. The van der Waals surface area contributed by atoms with E-state index in [0.717, 1.165) is 25.9 Å². The first-order valence-corrected chi connectivity index (χ1v) is 9.65. The van der Waals surface area contributed by atoms with Gasteiger partial charge in [-0.15, -0.1) is 0 Å². The van der Waals surface area contributed by atoms with Crippen LogP contribution in [0.5, 0.6) is 0 Å². The van der Waals surface area contributed by atoms with Gasteiger partial charge in [0.1, 0.15) is 5.60 Å². The molecule has 2 rings (SSSR count). The summed E-state index contributed by atoms with van der Waals surface area (Å²) in [6, 6.07) is 0.921. The van der Waals surface area contributed by atoms with Gasteiger partial charge in [-0.3, -0.25) is 0 Å². The van der Waals surface area contributed by atoms with Crippen molar-refractivity contribution in [3.8, 4) is 0 Å². The monoisotopic (exact) mass is 324 g/mol. The number of amides is 1. The summed E-state index contributed by atoms with van der Waals surface area (Å²) in [4.78, 5) is 14.7. The van der Waals surface area contributed by atoms with Gasteiger partial charge in [-0.1, -0.05) is 19.8 Å². The molecule has 4 nitrogen and oxygen atoms in total. The molecule has 1 N–H and O–H groups in total. The van der Waals surface area contributed by atoms with Crippen molar-refractivity contribution >= 4 is 6.09 Å². The minimum Gasteiger partial charge on any atom is -0.444 e. The molecule has 0 aromatic rings. The van der Waals surface area contributed by atoms with E-state index in [1.807, 2.05) is 25.7 Å². The number of nitrogens with one attached hydrogen (secondary N) is 1. The topological polar surface area (TPSA) is 41.6 Å². The molecule has 1 aliphatic heterocycles. The van der Waals surface area contributed by atoms with Crippen LogP contribution < -0.4 is 5.32 Å². The Labute approximate surface area is 142 Å². The van der Waals surface area contributed by atoms with Crippen LogP contribution in [0.25, 0.3) is 0 Å². The lowest BCUT2D eigenvalue weighted by atomic mass is 9.76. The van der Waals surface area contributed by atoms with Gasteiger partial charge in [0.2, 0.25) is 0 Å². The number of nitrogens with zero attached hydrogens (tertiary/aromatic N) is 1. The summed E-state index contributed by atoms with van der Waals surface area (Å²) < 4.78 is 5.68. The van der Waals surface area contributed by atoms with E-state index in [-0.39, 0.29) is 6.09 Å². The van der Waals surface area contributed by atoms with Crippen molar-refractivity contribution in [1.29, 1.82) is 0 Å². The minimum absolute atomic E-state index is 0.109. The van der Waals surface area contributed by atoms with Gasteiger partial charge in [0.25, 0.3) is 0 Å². The van der Waals surface area contributed by atoms with Crippen LogP contribution in [0, 0.1) is 5.92 Å². The van der Waals surface area contributed by atoms with Crippen molar-refractivity contribution in [3.05, 3.63) is 0 Å². The van der Waals surface area contributed by atoms with Crippen molar-refractivity contribution in [2.75, 3.05) is 13.1 Å². The zero-order valence-corrected chi connectivity index (χ0v) is 15.6. The van der Waals surface area contributed by atoms with Crippen molar-refractivity contribution < 1.29 is 9.53 Å². The van der Waals surface area contributed by atoms with E-state index in [4.69, 9.17) is 4.74 Å². The fourth-order valence-electron chi connectivity index (χ4n) is 4.15. The fourth-order valence-corrected chi connectivity index (χ4v) is 4.15. The second-order valence-electron chi connectivity index (χ2n) is 8.25. The molecule has 4 heteroatoms. The van der Waals surface area contributed by atoms with E-state index < -0.39 is 5.60 Å². The fraction of sp³-hybridized carbons (Fsp3) is 0.947. The highest BCUT2D eigenvalue weighted by Crippen LogP contribution is 2.34. The number of rotatable bonds is 4. The van der Waals surface area contributed by atoms with E-state index in [1.54, 1.807) is 0 Å². The Balaban J connectivity index is 2.07. The lowest BCUT2D eigenvalue weighted by Crippen LogP contribution is -2.55. The SMILES string of the molecule is CCCNC1CCCCC1C1CCCCN1C(=O)OC(C)(C)C. The maximum absolute atomic E-state index is 12.7. The highest BCUT2D eigenvalue weighted by atomic mass is 16.6. The van der Waals surface area contributed by atoms with Crippen LogP contribution in [0.15, 0.2) is 0 Å². The lowest BCUT2D eigenvalue weighted by Gasteiger charge is -2.45. The molecular weight excluding hydrogens is 288 g/mol. The highest BCUT2D eigenvalue weighted by molar-refractivity contribution is 5.68. The number of piperidine rings is 1. The predicted molar refractivity (Wildman–Crippen MR) is 94.6 cm³/mol. The minimum atomic E-state index is -0.411. The molecule has 0 radical (unpaired) electrons. The van der Waals surface area contributed by atoms with E-state index in [9.17, 15) is 4.79 Å². The molecule has 2 aliphatic rings. The van der Waals surface area contributed by atoms with Crippen molar-refractivity contribution in [3.63, 3.8) is 0 Å². The Morgan fingerprint density at radius 2 is 1.83 bits per heavy atom. The molecule has 23 heavy (non-hydrogen) atoms. The molecule has 1 heterocycles. The maximum Gasteiger partial charge on any atom is 0.410 e. The van der Waals surface area contributed by atoms with Gasteiger partial charge in [0.05, 0.1) is 0 Å². The first-order valence-electron chi connectivity index (χ1n) is 9.65. The molecule has 2 fully saturated rings. The Morgan fingerprint density at radius 1 is 1.13 bits per heavy atom. The summed E-state index contributed by atoms with van der Waals surface area (Å²) in [7, 11) is 0. The van der Waals surface area contributed by atoms with Gasteiger partial charge in [0, 0.05) is 18.6 Å². The van der Waals surface area contributed by atoms with Crippen LogP contribution in [-0.4, -0.2) is 41.8 Å². The predicted octanol–water partition coefficient (Wildman–Crippen LogP) is 4.33. The van der Waals surface area contributed by atoms with Crippen LogP contribution in [0.3, 0.4) is 0 Å². The third-order valence-electron chi connectivity index (χ3n) is 5.15. The lowest BCUT2D eigenvalue weighted by molar-refractivity contribution is -0.00524. The maximum atomic E-state index is 12.7. The van der Waals surface area contributed by atoms with Gasteiger partial charge in [-0.25, -0.2) is 4.79 Å². The van der Waals surface area contributed by atoms with Gasteiger partial charge in [-0.2, -0.15) is 0 Å². The van der Waals surface area contributed by atoms with E-state index in [1.165, 1.54) is 38.5 Å². The van der Waals surface area contributed by atoms with Gasteiger partial charge in [-0.05, 0) is 71.8 Å². The second-order valence-corrected chi connectivity index (χ2v) is 8.25. The third-order valence-corrected chi connectivity index (χ3v) is 5.15. The Kier molecular flexibility index (Phi) is 6.75. The van der Waals surface area contributed by atoms with Crippen molar-refractivity contribution in [1.82, 2.24) is 10.2 Å². The number of carbonyl (C=O) groups is 1. The number of ether oxygens (including phenoxy) is 1. The zero-order chi connectivity index (χ0) is 16.9. The largest absolute Gasteiger partial charge is 0.444 e. The summed E-state index contributed by atoms with van der Waals surface area (Å²) in [6.07, 6.45) is 9.65. The van der Waals surface area contributed by atoms with Crippen LogP contribution >= 0.6 is 0 Å². The van der Waals surface area contributed by atoms with Gasteiger partial charge >= 0.3 is 6.09 Å². The van der Waals surface area contributed by atoms with Crippen molar-refractivity contribution in [2.45, 2.75) is 96.7 Å². The summed E-state index contributed by atoms with van der Waals surface area (Å²) in [6.45, 7) is 10.0.